The van der Waals surface area contributed by atoms with Gasteiger partial charge in [0.25, 0.3) is 0 Å². The molecule has 0 aliphatic carbocycles. The van der Waals surface area contributed by atoms with Crippen LogP contribution in [0.2, 0.25) is 10.0 Å². The number of halogens is 2. The van der Waals surface area contributed by atoms with Gasteiger partial charge in [0.05, 0.1) is 22.7 Å². The van der Waals surface area contributed by atoms with Crippen LogP contribution in [0.1, 0.15) is 29.7 Å². The molecule has 1 unspecified atom stereocenters. The van der Waals surface area contributed by atoms with E-state index in [4.69, 9.17) is 27.9 Å². The first-order valence-electron chi connectivity index (χ1n) is 6.93. The van der Waals surface area contributed by atoms with Crippen molar-refractivity contribution in [1.29, 1.82) is 0 Å². The van der Waals surface area contributed by atoms with Crippen LogP contribution in [0.4, 0.5) is 0 Å². The molecule has 112 valence electrons. The van der Waals surface area contributed by atoms with Crippen LogP contribution < -0.4 is 10.1 Å². The minimum Gasteiger partial charge on any atom is -0.494 e. The van der Waals surface area contributed by atoms with Gasteiger partial charge in [-0.25, -0.2) is 0 Å². The van der Waals surface area contributed by atoms with E-state index in [0.29, 0.717) is 16.7 Å². The molecule has 1 N–H and O–H groups in total. The Hall–Kier alpha value is -1.22. The van der Waals surface area contributed by atoms with Crippen LogP contribution in [-0.4, -0.2) is 13.7 Å². The zero-order valence-electron chi connectivity index (χ0n) is 12.4. The van der Waals surface area contributed by atoms with Gasteiger partial charge in [0.15, 0.2) is 0 Å². The Morgan fingerprint density at radius 2 is 1.90 bits per heavy atom. The summed E-state index contributed by atoms with van der Waals surface area (Å²) < 4.78 is 5.75. The van der Waals surface area contributed by atoms with Crippen molar-refractivity contribution >= 4 is 23.2 Å². The number of ether oxygens (including phenoxy) is 1. The predicted molar refractivity (Wildman–Crippen MR) is 89.7 cm³/mol. The van der Waals surface area contributed by atoms with Crippen LogP contribution in [0.15, 0.2) is 36.4 Å². The van der Waals surface area contributed by atoms with Gasteiger partial charge in [-0.2, -0.15) is 0 Å². The summed E-state index contributed by atoms with van der Waals surface area (Å²) in [6.45, 7) is 4.66. The van der Waals surface area contributed by atoms with Crippen LogP contribution in [-0.2, 0) is 0 Å². The molecular weight excluding hydrogens is 305 g/mol. The monoisotopic (exact) mass is 323 g/mol. The molecule has 0 aliphatic rings. The maximum absolute atomic E-state index is 6.37. The number of nitrogens with one attached hydrogen (secondary N) is 1. The van der Waals surface area contributed by atoms with Gasteiger partial charge in [-0.3, -0.25) is 0 Å². The zero-order valence-corrected chi connectivity index (χ0v) is 13.9. The van der Waals surface area contributed by atoms with Gasteiger partial charge in [-0.1, -0.05) is 53.0 Å². The molecular formula is C17H19Cl2NO. The fourth-order valence-electron chi connectivity index (χ4n) is 2.40. The van der Waals surface area contributed by atoms with Crippen LogP contribution in [0.5, 0.6) is 5.75 Å². The lowest BCUT2D eigenvalue weighted by Crippen LogP contribution is -2.19. The molecule has 21 heavy (non-hydrogen) atoms. The summed E-state index contributed by atoms with van der Waals surface area (Å²) in [4.78, 5) is 0. The molecule has 0 saturated carbocycles. The van der Waals surface area contributed by atoms with Crippen molar-refractivity contribution in [3.05, 3.63) is 63.1 Å². The van der Waals surface area contributed by atoms with E-state index in [1.54, 1.807) is 6.07 Å². The fraction of sp³-hybridized carbons (Fsp3) is 0.294. The van der Waals surface area contributed by atoms with Crippen molar-refractivity contribution < 1.29 is 4.74 Å². The lowest BCUT2D eigenvalue weighted by atomic mass is 9.96. The number of hydrogen-bond acceptors (Lipinski definition) is 2. The number of benzene rings is 2. The Kier molecular flexibility index (Phi) is 5.51. The molecule has 0 spiro atoms. The summed E-state index contributed by atoms with van der Waals surface area (Å²) in [6, 6.07) is 11.8. The molecule has 0 saturated heterocycles. The standard InChI is InChI=1S/C17H19Cl2NO/c1-4-21-15-9-8-11(2)10-13(15)17(20-3)12-6-5-7-14(18)16(12)19/h5-10,17,20H,4H2,1-3H3. The topological polar surface area (TPSA) is 21.3 Å². The first kappa shape index (κ1) is 16.2. The van der Waals surface area contributed by atoms with Crippen molar-refractivity contribution in [2.45, 2.75) is 19.9 Å². The molecule has 0 aromatic heterocycles. The van der Waals surface area contributed by atoms with Gasteiger partial charge < -0.3 is 10.1 Å². The highest BCUT2D eigenvalue weighted by atomic mass is 35.5. The largest absolute Gasteiger partial charge is 0.494 e. The predicted octanol–water partition coefficient (Wildman–Crippen LogP) is 5.01. The molecule has 0 fully saturated rings. The molecule has 2 aromatic rings. The highest BCUT2D eigenvalue weighted by molar-refractivity contribution is 6.42. The lowest BCUT2D eigenvalue weighted by molar-refractivity contribution is 0.334. The molecule has 1 atom stereocenters. The highest BCUT2D eigenvalue weighted by Crippen LogP contribution is 2.36. The second kappa shape index (κ2) is 7.17. The Balaban J connectivity index is 2.55. The molecule has 0 amide bonds. The van der Waals surface area contributed by atoms with E-state index in [0.717, 1.165) is 16.9 Å². The smallest absolute Gasteiger partial charge is 0.124 e. The minimum absolute atomic E-state index is 0.0716. The average Bonchev–Trinajstić information content (AvgIpc) is 2.47. The van der Waals surface area contributed by atoms with Crippen molar-refractivity contribution in [1.82, 2.24) is 5.32 Å². The SMILES string of the molecule is CCOc1ccc(C)cc1C(NC)c1cccc(Cl)c1Cl. The maximum Gasteiger partial charge on any atom is 0.124 e. The second-order valence-corrected chi connectivity index (χ2v) is 5.62. The summed E-state index contributed by atoms with van der Waals surface area (Å²) in [6.07, 6.45) is 0. The Bertz CT molecular complexity index is 628. The number of aryl methyl sites for hydroxylation is 1. The fourth-order valence-corrected chi connectivity index (χ4v) is 2.82. The van der Waals surface area contributed by atoms with Crippen molar-refractivity contribution in [2.24, 2.45) is 0 Å². The van der Waals surface area contributed by atoms with Gasteiger partial charge in [-0.15, -0.1) is 0 Å². The van der Waals surface area contributed by atoms with Gasteiger partial charge in [0.2, 0.25) is 0 Å². The third kappa shape index (κ3) is 3.52. The summed E-state index contributed by atoms with van der Waals surface area (Å²) >= 11 is 12.5. The quantitative estimate of drug-likeness (QED) is 0.835. The molecule has 0 aliphatic heterocycles. The number of hydrogen-bond donors (Lipinski definition) is 1. The van der Waals surface area contributed by atoms with Gasteiger partial charge in [-0.05, 0) is 38.6 Å². The molecule has 2 aromatic carbocycles. The third-order valence-corrected chi connectivity index (χ3v) is 4.19. The van der Waals surface area contributed by atoms with E-state index in [2.05, 4.69) is 18.3 Å². The Morgan fingerprint density at radius 3 is 2.57 bits per heavy atom. The molecule has 0 heterocycles. The summed E-state index contributed by atoms with van der Waals surface area (Å²) in [5, 5.41) is 4.43. The molecule has 4 heteroatoms. The van der Waals surface area contributed by atoms with E-state index < -0.39 is 0 Å². The van der Waals surface area contributed by atoms with E-state index in [9.17, 15) is 0 Å². The average molecular weight is 324 g/mol. The van der Waals surface area contributed by atoms with Crippen LogP contribution >= 0.6 is 23.2 Å². The van der Waals surface area contributed by atoms with E-state index in [-0.39, 0.29) is 6.04 Å². The first-order valence-corrected chi connectivity index (χ1v) is 7.68. The first-order chi connectivity index (χ1) is 10.1. The van der Waals surface area contributed by atoms with Gasteiger partial charge in [0.1, 0.15) is 5.75 Å². The van der Waals surface area contributed by atoms with Crippen LogP contribution in [0, 0.1) is 6.92 Å². The van der Waals surface area contributed by atoms with Crippen LogP contribution in [0.3, 0.4) is 0 Å². The molecule has 2 nitrogen and oxygen atoms in total. The summed E-state index contributed by atoms with van der Waals surface area (Å²) in [5.41, 5.74) is 3.17. The highest BCUT2D eigenvalue weighted by Gasteiger charge is 2.20. The zero-order chi connectivity index (χ0) is 15.4. The Morgan fingerprint density at radius 1 is 1.14 bits per heavy atom. The van der Waals surface area contributed by atoms with E-state index >= 15 is 0 Å². The summed E-state index contributed by atoms with van der Waals surface area (Å²) in [5.74, 6) is 0.860. The minimum atomic E-state index is -0.0716. The third-order valence-electron chi connectivity index (χ3n) is 3.36. The normalized spacial score (nSPS) is 12.2. The Labute approximate surface area is 136 Å². The van der Waals surface area contributed by atoms with Crippen LogP contribution in [0.25, 0.3) is 0 Å². The van der Waals surface area contributed by atoms with Gasteiger partial charge in [0, 0.05) is 5.56 Å². The van der Waals surface area contributed by atoms with Crippen molar-refractivity contribution in [3.8, 4) is 5.75 Å². The summed E-state index contributed by atoms with van der Waals surface area (Å²) in [7, 11) is 1.90. The number of rotatable bonds is 5. The van der Waals surface area contributed by atoms with Gasteiger partial charge >= 0.3 is 0 Å². The second-order valence-electron chi connectivity index (χ2n) is 4.84. The van der Waals surface area contributed by atoms with Crippen molar-refractivity contribution in [3.63, 3.8) is 0 Å². The molecule has 0 radical (unpaired) electrons. The van der Waals surface area contributed by atoms with E-state index in [1.807, 2.05) is 38.2 Å². The maximum atomic E-state index is 6.37. The van der Waals surface area contributed by atoms with E-state index in [1.165, 1.54) is 5.56 Å². The lowest BCUT2D eigenvalue weighted by Gasteiger charge is -2.22. The molecule has 2 rings (SSSR count). The van der Waals surface area contributed by atoms with Crippen molar-refractivity contribution in [2.75, 3.05) is 13.7 Å². The molecule has 0 bridgehead atoms.